The Morgan fingerprint density at radius 3 is 2.55 bits per heavy atom. The van der Waals surface area contributed by atoms with Crippen LogP contribution in [0.4, 0.5) is 10.1 Å². The van der Waals surface area contributed by atoms with Gasteiger partial charge in [-0.25, -0.2) is 4.39 Å². The van der Waals surface area contributed by atoms with Crippen LogP contribution in [0, 0.1) is 5.82 Å². The normalized spacial score (nSPS) is 10.7. The van der Waals surface area contributed by atoms with Crippen molar-refractivity contribution in [3.8, 4) is 5.75 Å². The number of rotatable bonds is 5. The fraction of sp³-hybridized carbons (Fsp3) is 0.294. The van der Waals surface area contributed by atoms with Gasteiger partial charge in [0.15, 0.2) is 0 Å². The van der Waals surface area contributed by atoms with Crippen molar-refractivity contribution in [2.45, 2.75) is 26.3 Å². The van der Waals surface area contributed by atoms with Crippen LogP contribution in [0.1, 0.15) is 30.9 Å². The molecule has 0 saturated carbocycles. The molecule has 0 atom stereocenters. The Hall–Kier alpha value is -2.03. The van der Waals surface area contributed by atoms with Crippen LogP contribution in [0.25, 0.3) is 0 Å². The van der Waals surface area contributed by atoms with E-state index in [0.717, 1.165) is 5.69 Å². The highest BCUT2D eigenvalue weighted by Gasteiger charge is 2.07. The zero-order valence-electron chi connectivity index (χ0n) is 12.1. The van der Waals surface area contributed by atoms with E-state index in [9.17, 15) is 4.39 Å². The van der Waals surface area contributed by atoms with E-state index >= 15 is 0 Å². The highest BCUT2D eigenvalue weighted by Crippen LogP contribution is 2.25. The van der Waals surface area contributed by atoms with Gasteiger partial charge < -0.3 is 10.1 Å². The van der Waals surface area contributed by atoms with Gasteiger partial charge in [-0.2, -0.15) is 0 Å². The maximum absolute atomic E-state index is 13.9. The smallest absolute Gasteiger partial charge is 0.131 e. The molecule has 0 amide bonds. The molecule has 0 saturated heterocycles. The van der Waals surface area contributed by atoms with Crippen LogP contribution in [0.3, 0.4) is 0 Å². The Balaban J connectivity index is 2.13. The molecule has 0 heterocycles. The summed E-state index contributed by atoms with van der Waals surface area (Å²) in [6.07, 6.45) is 0. The van der Waals surface area contributed by atoms with Crippen LogP contribution < -0.4 is 10.1 Å². The van der Waals surface area contributed by atoms with Crippen LogP contribution in [-0.4, -0.2) is 7.11 Å². The fourth-order valence-electron chi connectivity index (χ4n) is 2.15. The zero-order valence-corrected chi connectivity index (χ0v) is 12.1. The number of halogens is 1. The molecule has 2 rings (SSSR count). The van der Waals surface area contributed by atoms with Crippen molar-refractivity contribution in [3.05, 3.63) is 59.4 Å². The summed E-state index contributed by atoms with van der Waals surface area (Å²) in [5.74, 6) is 0.715. The molecule has 2 aromatic carbocycles. The number of methoxy groups -OCH3 is 1. The van der Waals surface area contributed by atoms with E-state index in [1.54, 1.807) is 12.1 Å². The van der Waals surface area contributed by atoms with Crippen molar-refractivity contribution in [1.29, 1.82) is 0 Å². The molecule has 2 nitrogen and oxygen atoms in total. The molecule has 0 aromatic heterocycles. The molecule has 0 spiro atoms. The Labute approximate surface area is 119 Å². The van der Waals surface area contributed by atoms with Crippen LogP contribution in [-0.2, 0) is 6.54 Å². The van der Waals surface area contributed by atoms with Crippen LogP contribution in [0.5, 0.6) is 5.75 Å². The number of para-hydroxylation sites is 1. The van der Waals surface area contributed by atoms with Gasteiger partial charge in [-0.05, 0) is 23.6 Å². The molecular formula is C17H20FNO. The topological polar surface area (TPSA) is 21.3 Å². The summed E-state index contributed by atoms with van der Waals surface area (Å²) < 4.78 is 18.9. The second-order valence-electron chi connectivity index (χ2n) is 5.05. The molecular weight excluding hydrogens is 253 g/mol. The van der Waals surface area contributed by atoms with Crippen molar-refractivity contribution >= 4 is 5.69 Å². The van der Waals surface area contributed by atoms with Gasteiger partial charge >= 0.3 is 0 Å². The van der Waals surface area contributed by atoms with E-state index in [-0.39, 0.29) is 5.82 Å². The van der Waals surface area contributed by atoms with Gasteiger partial charge in [-0.3, -0.25) is 0 Å². The van der Waals surface area contributed by atoms with Gasteiger partial charge in [0.2, 0.25) is 0 Å². The third-order valence-electron chi connectivity index (χ3n) is 3.31. The van der Waals surface area contributed by atoms with Gasteiger partial charge in [-0.15, -0.1) is 0 Å². The third kappa shape index (κ3) is 3.29. The highest BCUT2D eigenvalue weighted by atomic mass is 19.1. The van der Waals surface area contributed by atoms with E-state index in [1.807, 2.05) is 18.2 Å². The lowest BCUT2D eigenvalue weighted by Gasteiger charge is -2.15. The van der Waals surface area contributed by atoms with Crippen LogP contribution in [0.15, 0.2) is 42.5 Å². The number of anilines is 1. The molecule has 3 heteroatoms. The molecule has 0 radical (unpaired) electrons. The number of hydrogen-bond acceptors (Lipinski definition) is 2. The summed E-state index contributed by atoms with van der Waals surface area (Å²) in [4.78, 5) is 0. The number of nitrogens with one attached hydrogen (secondary N) is 1. The quantitative estimate of drug-likeness (QED) is 0.861. The zero-order chi connectivity index (χ0) is 14.5. The second kappa shape index (κ2) is 6.42. The number of hydrogen-bond donors (Lipinski definition) is 1. The SMILES string of the molecule is COc1ccc(CNc2ccccc2C(C)C)c(F)c1. The predicted molar refractivity (Wildman–Crippen MR) is 80.8 cm³/mol. The Bertz CT molecular complexity index is 581. The third-order valence-corrected chi connectivity index (χ3v) is 3.31. The minimum absolute atomic E-state index is 0.251. The van der Waals surface area contributed by atoms with Gasteiger partial charge in [0, 0.05) is 23.9 Å². The largest absolute Gasteiger partial charge is 0.497 e. The van der Waals surface area contributed by atoms with Crippen molar-refractivity contribution < 1.29 is 9.13 Å². The Morgan fingerprint density at radius 1 is 1.15 bits per heavy atom. The summed E-state index contributed by atoms with van der Waals surface area (Å²) in [6, 6.07) is 13.1. The molecule has 1 N–H and O–H groups in total. The Kier molecular flexibility index (Phi) is 4.61. The van der Waals surface area contributed by atoms with Crippen molar-refractivity contribution in [2.75, 3.05) is 12.4 Å². The lowest BCUT2D eigenvalue weighted by molar-refractivity contribution is 0.411. The van der Waals surface area contributed by atoms with E-state index < -0.39 is 0 Å². The first-order chi connectivity index (χ1) is 9.61. The van der Waals surface area contributed by atoms with Crippen molar-refractivity contribution in [2.24, 2.45) is 0 Å². The molecule has 0 aliphatic heterocycles. The summed E-state index contributed by atoms with van der Waals surface area (Å²) in [5.41, 5.74) is 2.92. The first-order valence-corrected chi connectivity index (χ1v) is 6.77. The summed E-state index contributed by atoms with van der Waals surface area (Å²) >= 11 is 0. The molecule has 2 aromatic rings. The molecule has 0 fully saturated rings. The van der Waals surface area contributed by atoms with Gasteiger partial charge in [0.05, 0.1) is 7.11 Å². The average molecular weight is 273 g/mol. The molecule has 106 valence electrons. The van der Waals surface area contributed by atoms with E-state index in [2.05, 4.69) is 25.2 Å². The Morgan fingerprint density at radius 2 is 1.90 bits per heavy atom. The van der Waals surface area contributed by atoms with Gasteiger partial charge in [0.1, 0.15) is 11.6 Å². The minimum Gasteiger partial charge on any atom is -0.497 e. The summed E-state index contributed by atoms with van der Waals surface area (Å²) in [5, 5.41) is 3.31. The highest BCUT2D eigenvalue weighted by molar-refractivity contribution is 5.53. The fourth-order valence-corrected chi connectivity index (χ4v) is 2.15. The molecule has 0 bridgehead atoms. The summed E-state index contributed by atoms with van der Waals surface area (Å²) in [7, 11) is 1.53. The van der Waals surface area contributed by atoms with Crippen LogP contribution >= 0.6 is 0 Å². The van der Waals surface area contributed by atoms with Crippen molar-refractivity contribution in [3.63, 3.8) is 0 Å². The first kappa shape index (κ1) is 14.4. The van der Waals surface area contributed by atoms with E-state index in [1.165, 1.54) is 18.7 Å². The lowest BCUT2D eigenvalue weighted by atomic mass is 10.0. The minimum atomic E-state index is -0.251. The standard InChI is InChI=1S/C17H20FNO/c1-12(2)15-6-4-5-7-17(15)19-11-13-8-9-14(20-3)10-16(13)18/h4-10,12,19H,11H2,1-3H3. The average Bonchev–Trinajstić information content (AvgIpc) is 2.46. The van der Waals surface area contributed by atoms with Crippen molar-refractivity contribution in [1.82, 2.24) is 0 Å². The molecule has 0 aliphatic rings. The monoisotopic (exact) mass is 273 g/mol. The number of ether oxygens (including phenoxy) is 1. The first-order valence-electron chi connectivity index (χ1n) is 6.77. The van der Waals surface area contributed by atoms with E-state index in [4.69, 9.17) is 4.74 Å². The van der Waals surface area contributed by atoms with E-state index in [0.29, 0.717) is 23.8 Å². The molecule has 0 aliphatic carbocycles. The molecule has 0 unspecified atom stereocenters. The van der Waals surface area contributed by atoms with Crippen LogP contribution in [0.2, 0.25) is 0 Å². The second-order valence-corrected chi connectivity index (χ2v) is 5.05. The predicted octanol–water partition coefficient (Wildman–Crippen LogP) is 4.57. The maximum atomic E-state index is 13.9. The summed E-state index contributed by atoms with van der Waals surface area (Å²) in [6.45, 7) is 4.75. The molecule has 20 heavy (non-hydrogen) atoms. The maximum Gasteiger partial charge on any atom is 0.131 e. The van der Waals surface area contributed by atoms with Gasteiger partial charge in [-0.1, -0.05) is 38.1 Å². The number of benzene rings is 2. The lowest BCUT2D eigenvalue weighted by Crippen LogP contribution is -2.05. The van der Waals surface area contributed by atoms with Gasteiger partial charge in [0.25, 0.3) is 0 Å².